The number of aromatic nitrogens is 2. The maximum Gasteiger partial charge on any atom is 0.236 e. The van der Waals surface area contributed by atoms with E-state index in [1.807, 2.05) is 6.07 Å². The van der Waals surface area contributed by atoms with Crippen LogP contribution in [0.5, 0.6) is 0 Å². The Kier molecular flexibility index (Phi) is 5.87. The smallest absolute Gasteiger partial charge is 0.236 e. The van der Waals surface area contributed by atoms with E-state index in [0.29, 0.717) is 28.8 Å². The summed E-state index contributed by atoms with van der Waals surface area (Å²) in [5.74, 6) is 2.05. The molecule has 2 N–H and O–H groups in total. The molecule has 0 atom stereocenters. The second-order valence-electron chi connectivity index (χ2n) is 5.25. The molecule has 0 amide bonds. The third kappa shape index (κ3) is 3.82. The van der Waals surface area contributed by atoms with E-state index in [2.05, 4.69) is 26.1 Å². The summed E-state index contributed by atoms with van der Waals surface area (Å²) in [5, 5.41) is 3.96. The van der Waals surface area contributed by atoms with Gasteiger partial charge in [0.05, 0.1) is 11.3 Å². The van der Waals surface area contributed by atoms with Crippen LogP contribution in [0.2, 0.25) is 0 Å². The number of benzene rings is 1. The highest BCUT2D eigenvalue weighted by atomic mass is 79.9. The van der Waals surface area contributed by atoms with Crippen molar-refractivity contribution in [3.8, 4) is 0 Å². The Labute approximate surface area is 147 Å². The Balaban J connectivity index is 0.00000176. The molecule has 1 aromatic carbocycles. The zero-order chi connectivity index (χ0) is 14.9. The fraction of sp³-hybridized carbons (Fsp3) is 0.429. The van der Waals surface area contributed by atoms with Gasteiger partial charge in [-0.3, -0.25) is 0 Å². The van der Waals surface area contributed by atoms with Crippen molar-refractivity contribution < 1.29 is 8.91 Å². The molecule has 0 radical (unpaired) electrons. The van der Waals surface area contributed by atoms with E-state index in [-0.39, 0.29) is 18.2 Å². The van der Waals surface area contributed by atoms with Crippen LogP contribution in [-0.4, -0.2) is 10.1 Å². The first-order chi connectivity index (χ1) is 10.1. The number of hydrogen-bond donors (Lipinski definition) is 1. The van der Waals surface area contributed by atoms with Crippen LogP contribution < -0.4 is 5.73 Å². The lowest BCUT2D eigenvalue weighted by molar-refractivity contribution is 0.229. The van der Waals surface area contributed by atoms with Crippen molar-refractivity contribution in [2.45, 2.75) is 36.3 Å². The molecule has 1 aromatic heterocycles. The number of rotatable bonds is 5. The summed E-state index contributed by atoms with van der Waals surface area (Å²) in [6.07, 6.45) is 2.92. The molecule has 8 heteroatoms. The number of halogens is 3. The summed E-state index contributed by atoms with van der Waals surface area (Å²) in [6, 6.07) is 5.07. The van der Waals surface area contributed by atoms with Gasteiger partial charge in [0.15, 0.2) is 5.82 Å². The zero-order valence-electron chi connectivity index (χ0n) is 11.7. The summed E-state index contributed by atoms with van der Waals surface area (Å²) in [6.45, 7) is 0. The Morgan fingerprint density at radius 3 is 2.77 bits per heavy atom. The summed E-state index contributed by atoms with van der Waals surface area (Å²) in [4.78, 5) is 4.35. The summed E-state index contributed by atoms with van der Waals surface area (Å²) in [5.41, 5.74) is 6.41. The minimum Gasteiger partial charge on any atom is -0.338 e. The Morgan fingerprint density at radius 1 is 1.36 bits per heavy atom. The first kappa shape index (κ1) is 17.7. The molecule has 1 aliphatic rings. The van der Waals surface area contributed by atoms with Crippen molar-refractivity contribution in [2.24, 2.45) is 5.73 Å². The third-order valence-electron chi connectivity index (χ3n) is 3.66. The van der Waals surface area contributed by atoms with Crippen molar-refractivity contribution in [3.63, 3.8) is 0 Å². The standard InChI is InChI=1S/C14H15BrFN3OS.ClH/c15-10-3-2-9(11(16)6-10)7-21-8-12-18-13(19-20-12)14(17)4-1-5-14;/h2-3,6H,1,4-5,7-8,17H2;1H. The highest BCUT2D eigenvalue weighted by molar-refractivity contribution is 9.10. The molecular weight excluding hydrogens is 393 g/mol. The predicted octanol–water partition coefficient (Wildman–Crippen LogP) is 4.16. The van der Waals surface area contributed by atoms with Gasteiger partial charge in [0.25, 0.3) is 0 Å². The number of nitrogens with two attached hydrogens (primary N) is 1. The van der Waals surface area contributed by atoms with E-state index < -0.39 is 5.54 Å². The average molecular weight is 409 g/mol. The van der Waals surface area contributed by atoms with Crippen LogP contribution in [0.15, 0.2) is 27.2 Å². The molecule has 0 spiro atoms. The van der Waals surface area contributed by atoms with E-state index in [4.69, 9.17) is 10.3 Å². The van der Waals surface area contributed by atoms with Gasteiger partial charge in [0.2, 0.25) is 5.89 Å². The maximum absolute atomic E-state index is 13.7. The van der Waals surface area contributed by atoms with Crippen LogP contribution in [0.4, 0.5) is 4.39 Å². The zero-order valence-corrected chi connectivity index (χ0v) is 14.9. The van der Waals surface area contributed by atoms with Gasteiger partial charge in [0.1, 0.15) is 5.82 Å². The Bertz CT molecular complexity index is 651. The molecule has 120 valence electrons. The molecule has 0 aliphatic heterocycles. The molecule has 0 bridgehead atoms. The molecule has 1 saturated carbocycles. The lowest BCUT2D eigenvalue weighted by Gasteiger charge is -2.34. The summed E-state index contributed by atoms with van der Waals surface area (Å²) >= 11 is 4.78. The van der Waals surface area contributed by atoms with Gasteiger partial charge in [-0.15, -0.1) is 24.2 Å². The van der Waals surface area contributed by atoms with Crippen LogP contribution >= 0.6 is 40.1 Å². The molecule has 0 unspecified atom stereocenters. The van der Waals surface area contributed by atoms with E-state index in [9.17, 15) is 4.39 Å². The van der Waals surface area contributed by atoms with Crippen LogP contribution in [-0.2, 0) is 17.0 Å². The summed E-state index contributed by atoms with van der Waals surface area (Å²) in [7, 11) is 0. The van der Waals surface area contributed by atoms with Crippen molar-refractivity contribution in [3.05, 3.63) is 45.8 Å². The monoisotopic (exact) mass is 407 g/mol. The molecule has 3 rings (SSSR count). The lowest BCUT2D eigenvalue weighted by Crippen LogP contribution is -2.44. The van der Waals surface area contributed by atoms with E-state index in [0.717, 1.165) is 23.7 Å². The van der Waals surface area contributed by atoms with Crippen molar-refractivity contribution >= 4 is 40.1 Å². The van der Waals surface area contributed by atoms with Gasteiger partial charge >= 0.3 is 0 Å². The first-order valence-corrected chi connectivity index (χ1v) is 8.65. The van der Waals surface area contributed by atoms with Gasteiger partial charge in [-0.1, -0.05) is 27.2 Å². The van der Waals surface area contributed by atoms with Gasteiger partial charge in [-0.05, 0) is 37.0 Å². The van der Waals surface area contributed by atoms with Gasteiger partial charge < -0.3 is 10.3 Å². The van der Waals surface area contributed by atoms with E-state index >= 15 is 0 Å². The fourth-order valence-electron chi connectivity index (χ4n) is 2.18. The fourth-order valence-corrected chi connectivity index (χ4v) is 3.37. The minimum atomic E-state index is -0.399. The Hall–Kier alpha value is -0.630. The molecule has 0 saturated heterocycles. The average Bonchev–Trinajstić information content (AvgIpc) is 2.88. The minimum absolute atomic E-state index is 0. The number of thioether (sulfide) groups is 1. The van der Waals surface area contributed by atoms with Crippen LogP contribution in [0.1, 0.15) is 36.5 Å². The van der Waals surface area contributed by atoms with Gasteiger partial charge in [-0.2, -0.15) is 4.98 Å². The normalized spacial score (nSPS) is 16.0. The molecular formula is C14H16BrClFN3OS. The Morgan fingerprint density at radius 2 is 2.14 bits per heavy atom. The highest BCUT2D eigenvalue weighted by Crippen LogP contribution is 2.37. The molecule has 1 aliphatic carbocycles. The third-order valence-corrected chi connectivity index (χ3v) is 5.12. The quantitative estimate of drug-likeness (QED) is 0.804. The number of hydrogen-bond acceptors (Lipinski definition) is 5. The van der Waals surface area contributed by atoms with Crippen LogP contribution in [0.25, 0.3) is 0 Å². The molecule has 2 aromatic rings. The van der Waals surface area contributed by atoms with E-state index in [1.54, 1.807) is 6.07 Å². The van der Waals surface area contributed by atoms with Crippen molar-refractivity contribution in [1.82, 2.24) is 10.1 Å². The van der Waals surface area contributed by atoms with Crippen molar-refractivity contribution in [2.75, 3.05) is 0 Å². The maximum atomic E-state index is 13.7. The molecule has 1 fully saturated rings. The second kappa shape index (κ2) is 7.29. The second-order valence-corrected chi connectivity index (χ2v) is 7.15. The van der Waals surface area contributed by atoms with Gasteiger partial charge in [-0.25, -0.2) is 4.39 Å². The first-order valence-electron chi connectivity index (χ1n) is 6.70. The molecule has 1 heterocycles. The SMILES string of the molecule is Cl.NC1(c2noc(CSCc3ccc(Br)cc3F)n2)CCC1. The largest absolute Gasteiger partial charge is 0.338 e. The number of nitrogens with zero attached hydrogens (tertiary/aromatic N) is 2. The van der Waals surface area contributed by atoms with E-state index in [1.165, 1.54) is 17.8 Å². The topological polar surface area (TPSA) is 64.9 Å². The van der Waals surface area contributed by atoms with Crippen LogP contribution in [0.3, 0.4) is 0 Å². The highest BCUT2D eigenvalue weighted by Gasteiger charge is 2.38. The lowest BCUT2D eigenvalue weighted by atomic mass is 9.77. The predicted molar refractivity (Wildman–Crippen MR) is 90.4 cm³/mol. The molecule has 4 nitrogen and oxygen atoms in total. The summed E-state index contributed by atoms with van der Waals surface area (Å²) < 4.78 is 19.6. The van der Waals surface area contributed by atoms with Crippen molar-refractivity contribution in [1.29, 1.82) is 0 Å². The molecule has 22 heavy (non-hydrogen) atoms. The van der Waals surface area contributed by atoms with Crippen LogP contribution in [0, 0.1) is 5.82 Å². The van der Waals surface area contributed by atoms with Gasteiger partial charge in [0, 0.05) is 10.2 Å².